The smallest absolute Gasteiger partial charge is 0.306 e. The number of para-hydroxylation sites is 1. The van der Waals surface area contributed by atoms with E-state index >= 15 is 0 Å². The minimum atomic E-state index is -0.690. The molecule has 116 valence electrons. The molecule has 0 radical (unpaired) electrons. The monoisotopic (exact) mass is 299 g/mol. The number of carboxylic acids is 1. The van der Waals surface area contributed by atoms with E-state index in [1.165, 1.54) is 0 Å². The quantitative estimate of drug-likeness (QED) is 0.930. The second-order valence-electron chi connectivity index (χ2n) is 6.11. The Morgan fingerprint density at radius 2 is 1.95 bits per heavy atom. The zero-order chi connectivity index (χ0) is 15.5. The molecule has 0 spiro atoms. The van der Waals surface area contributed by atoms with Crippen molar-refractivity contribution >= 4 is 16.9 Å². The van der Waals surface area contributed by atoms with Gasteiger partial charge in [0.15, 0.2) is 0 Å². The Labute approximate surface area is 130 Å². The molecule has 22 heavy (non-hydrogen) atoms. The van der Waals surface area contributed by atoms with Gasteiger partial charge in [0.25, 0.3) is 0 Å². The summed E-state index contributed by atoms with van der Waals surface area (Å²) < 4.78 is 6.17. The number of fused-ring (bicyclic) bond motifs is 1. The number of aliphatic carboxylic acids is 1. The summed E-state index contributed by atoms with van der Waals surface area (Å²) in [6.45, 7) is 1.81. The van der Waals surface area contributed by atoms with Crippen LogP contribution in [0.2, 0.25) is 0 Å². The summed E-state index contributed by atoms with van der Waals surface area (Å²) in [5.41, 5.74) is 0.938. The SMILES string of the molecule is CC(C(=O)O)C1CCC(Oc2ccnc3ccccc23)CC1. The zero-order valence-electron chi connectivity index (χ0n) is 12.7. The number of rotatable bonds is 4. The van der Waals surface area contributed by atoms with Crippen molar-refractivity contribution in [3.63, 3.8) is 0 Å². The van der Waals surface area contributed by atoms with Gasteiger partial charge in [-0.3, -0.25) is 9.78 Å². The lowest BCUT2D eigenvalue weighted by Crippen LogP contribution is -2.29. The third-order valence-corrected chi connectivity index (χ3v) is 4.72. The standard InChI is InChI=1S/C18H21NO3/c1-12(18(20)21)13-6-8-14(9-7-13)22-17-10-11-19-16-5-3-2-4-15(16)17/h2-5,10-14H,6-9H2,1H3,(H,20,21). The minimum absolute atomic E-state index is 0.169. The normalized spacial score (nSPS) is 23.1. The molecule has 0 aliphatic heterocycles. The molecule has 4 heteroatoms. The summed E-state index contributed by atoms with van der Waals surface area (Å²) in [6, 6.07) is 9.87. The predicted octanol–water partition coefficient (Wildman–Crippen LogP) is 3.89. The Bertz CT molecular complexity index is 657. The Hall–Kier alpha value is -2.10. The molecule has 1 aromatic carbocycles. The number of pyridine rings is 1. The van der Waals surface area contributed by atoms with Gasteiger partial charge in [-0.15, -0.1) is 0 Å². The fourth-order valence-electron chi connectivity index (χ4n) is 3.26. The molecular formula is C18H21NO3. The van der Waals surface area contributed by atoms with Crippen LogP contribution in [0.4, 0.5) is 0 Å². The van der Waals surface area contributed by atoms with Crippen LogP contribution in [0.25, 0.3) is 10.9 Å². The van der Waals surface area contributed by atoms with Crippen molar-refractivity contribution in [2.45, 2.75) is 38.7 Å². The molecule has 1 aromatic heterocycles. The highest BCUT2D eigenvalue weighted by Gasteiger charge is 2.29. The van der Waals surface area contributed by atoms with Crippen LogP contribution in [0.1, 0.15) is 32.6 Å². The van der Waals surface area contributed by atoms with Gasteiger partial charge in [-0.25, -0.2) is 0 Å². The van der Waals surface area contributed by atoms with Crippen LogP contribution < -0.4 is 4.74 Å². The highest BCUT2D eigenvalue weighted by molar-refractivity contribution is 5.84. The lowest BCUT2D eigenvalue weighted by Gasteiger charge is -2.31. The van der Waals surface area contributed by atoms with Crippen LogP contribution in [-0.4, -0.2) is 22.2 Å². The molecule has 1 atom stereocenters. The molecule has 1 aliphatic rings. The van der Waals surface area contributed by atoms with E-state index in [0.29, 0.717) is 0 Å². The Morgan fingerprint density at radius 3 is 2.68 bits per heavy atom. The van der Waals surface area contributed by atoms with E-state index < -0.39 is 5.97 Å². The van der Waals surface area contributed by atoms with Crippen LogP contribution >= 0.6 is 0 Å². The van der Waals surface area contributed by atoms with E-state index in [9.17, 15) is 4.79 Å². The Kier molecular flexibility index (Phi) is 4.27. The summed E-state index contributed by atoms with van der Waals surface area (Å²) >= 11 is 0. The van der Waals surface area contributed by atoms with Gasteiger partial charge in [0.2, 0.25) is 0 Å². The molecule has 0 saturated heterocycles. The summed E-state index contributed by atoms with van der Waals surface area (Å²) in [5, 5.41) is 10.1. The molecule has 2 aromatic rings. The molecule has 1 heterocycles. The zero-order valence-corrected chi connectivity index (χ0v) is 12.7. The van der Waals surface area contributed by atoms with Gasteiger partial charge in [0.1, 0.15) is 5.75 Å². The molecule has 1 fully saturated rings. The number of aromatic nitrogens is 1. The number of carbonyl (C=O) groups is 1. The first-order valence-corrected chi connectivity index (χ1v) is 7.88. The lowest BCUT2D eigenvalue weighted by molar-refractivity contribution is -0.143. The van der Waals surface area contributed by atoms with Gasteiger partial charge >= 0.3 is 5.97 Å². The van der Waals surface area contributed by atoms with Crippen molar-refractivity contribution < 1.29 is 14.6 Å². The van der Waals surface area contributed by atoms with Crippen molar-refractivity contribution in [1.29, 1.82) is 0 Å². The fourth-order valence-corrected chi connectivity index (χ4v) is 3.26. The molecule has 1 aliphatic carbocycles. The number of hydrogen-bond donors (Lipinski definition) is 1. The predicted molar refractivity (Wildman–Crippen MR) is 84.9 cm³/mol. The maximum absolute atomic E-state index is 11.1. The Balaban J connectivity index is 1.66. The van der Waals surface area contributed by atoms with Crippen molar-refractivity contribution in [3.8, 4) is 5.75 Å². The molecule has 1 saturated carbocycles. The number of benzene rings is 1. The first-order chi connectivity index (χ1) is 10.6. The van der Waals surface area contributed by atoms with E-state index in [4.69, 9.17) is 9.84 Å². The van der Waals surface area contributed by atoms with Gasteiger partial charge in [-0.2, -0.15) is 0 Å². The highest BCUT2D eigenvalue weighted by Crippen LogP contribution is 2.33. The molecule has 0 bridgehead atoms. The van der Waals surface area contributed by atoms with Gasteiger partial charge in [0.05, 0.1) is 17.5 Å². The van der Waals surface area contributed by atoms with Crippen LogP contribution in [0, 0.1) is 11.8 Å². The summed E-state index contributed by atoms with van der Waals surface area (Å²) in [5.74, 6) is 0.194. The highest BCUT2D eigenvalue weighted by atomic mass is 16.5. The molecular weight excluding hydrogens is 278 g/mol. The van der Waals surface area contributed by atoms with Gasteiger partial charge in [0, 0.05) is 11.6 Å². The first-order valence-electron chi connectivity index (χ1n) is 7.88. The van der Waals surface area contributed by atoms with E-state index in [1.807, 2.05) is 37.3 Å². The van der Waals surface area contributed by atoms with Crippen molar-refractivity contribution in [2.75, 3.05) is 0 Å². The number of nitrogens with zero attached hydrogens (tertiary/aromatic N) is 1. The second-order valence-corrected chi connectivity index (χ2v) is 6.11. The third kappa shape index (κ3) is 3.06. The summed E-state index contributed by atoms with van der Waals surface area (Å²) in [7, 11) is 0. The van der Waals surface area contributed by atoms with Gasteiger partial charge in [-0.1, -0.05) is 19.1 Å². The van der Waals surface area contributed by atoms with Gasteiger partial charge in [-0.05, 0) is 49.8 Å². The molecule has 1 unspecified atom stereocenters. The third-order valence-electron chi connectivity index (χ3n) is 4.72. The average molecular weight is 299 g/mol. The van der Waals surface area contributed by atoms with Crippen LogP contribution in [-0.2, 0) is 4.79 Å². The fraction of sp³-hybridized carbons (Fsp3) is 0.444. The summed E-state index contributed by atoms with van der Waals surface area (Å²) in [6.07, 6.45) is 5.61. The number of carboxylic acid groups (broad SMARTS) is 1. The lowest BCUT2D eigenvalue weighted by atomic mass is 9.80. The van der Waals surface area contributed by atoms with Crippen LogP contribution in [0.5, 0.6) is 5.75 Å². The molecule has 3 rings (SSSR count). The molecule has 4 nitrogen and oxygen atoms in total. The van der Waals surface area contributed by atoms with Crippen molar-refractivity contribution in [2.24, 2.45) is 11.8 Å². The summed E-state index contributed by atoms with van der Waals surface area (Å²) in [4.78, 5) is 15.4. The maximum atomic E-state index is 11.1. The van der Waals surface area contributed by atoms with Crippen LogP contribution in [0.3, 0.4) is 0 Å². The Morgan fingerprint density at radius 1 is 1.23 bits per heavy atom. The topological polar surface area (TPSA) is 59.4 Å². The second kappa shape index (κ2) is 6.34. The van der Waals surface area contributed by atoms with E-state index in [-0.39, 0.29) is 17.9 Å². The van der Waals surface area contributed by atoms with E-state index in [1.54, 1.807) is 6.20 Å². The van der Waals surface area contributed by atoms with Gasteiger partial charge < -0.3 is 9.84 Å². The number of ether oxygens (including phenoxy) is 1. The minimum Gasteiger partial charge on any atom is -0.490 e. The number of hydrogen-bond acceptors (Lipinski definition) is 3. The van der Waals surface area contributed by atoms with Crippen molar-refractivity contribution in [3.05, 3.63) is 36.5 Å². The molecule has 1 N–H and O–H groups in total. The molecule has 0 amide bonds. The van der Waals surface area contributed by atoms with E-state index in [0.717, 1.165) is 42.3 Å². The average Bonchev–Trinajstić information content (AvgIpc) is 2.55. The van der Waals surface area contributed by atoms with Crippen molar-refractivity contribution in [1.82, 2.24) is 4.98 Å². The largest absolute Gasteiger partial charge is 0.490 e. The van der Waals surface area contributed by atoms with E-state index in [2.05, 4.69) is 4.98 Å². The van der Waals surface area contributed by atoms with Crippen LogP contribution in [0.15, 0.2) is 36.5 Å². The first kappa shape index (κ1) is 14.8. The maximum Gasteiger partial charge on any atom is 0.306 e.